The summed E-state index contributed by atoms with van der Waals surface area (Å²) in [4.78, 5) is 4.98. The first kappa shape index (κ1) is 21.5. The van der Waals surface area contributed by atoms with Crippen molar-refractivity contribution in [3.8, 4) is 0 Å². The van der Waals surface area contributed by atoms with Crippen LogP contribution in [0.15, 0.2) is 36.2 Å². The Bertz CT molecular complexity index is 689. The summed E-state index contributed by atoms with van der Waals surface area (Å²) in [5, 5.41) is 3.47. The maximum Gasteiger partial charge on any atom is 0.160 e. The van der Waals surface area contributed by atoms with Crippen molar-refractivity contribution in [2.24, 2.45) is 5.92 Å². The minimum Gasteiger partial charge on any atom is -0.385 e. The van der Waals surface area contributed by atoms with Crippen molar-refractivity contribution in [1.82, 2.24) is 5.32 Å². The molecule has 2 bridgehead atoms. The van der Waals surface area contributed by atoms with Crippen LogP contribution in [0.3, 0.4) is 0 Å². The number of fused-ring (bicyclic) bond motifs is 2. The van der Waals surface area contributed by atoms with E-state index in [0.29, 0.717) is 12.0 Å². The molecule has 2 fully saturated rings. The molecule has 1 aromatic rings. The number of rotatable bonds is 11. The SMILES string of the molecule is CCCCOC(OCCCC)C1CCN(c2cccc(N3C=C4CC3CN4)c2)CC1. The van der Waals surface area contributed by atoms with E-state index in [1.807, 2.05) is 0 Å². The van der Waals surface area contributed by atoms with Gasteiger partial charge in [-0.2, -0.15) is 0 Å². The Balaban J connectivity index is 1.33. The standard InChI is InChI=1S/C25H39N3O2/c1-3-5-14-29-25(30-15-6-4-2)20-10-12-27(13-11-20)22-8-7-9-23(17-22)28-19-21-16-24(28)18-26-21/h7-9,17,19-20,24-26H,3-6,10-16,18H2,1-2H3. The van der Waals surface area contributed by atoms with E-state index in [1.165, 1.54) is 29.9 Å². The van der Waals surface area contributed by atoms with Crippen LogP contribution in [0.4, 0.5) is 11.4 Å². The lowest BCUT2D eigenvalue weighted by Crippen LogP contribution is -2.40. The molecule has 1 atom stereocenters. The third-order valence-electron chi connectivity index (χ3n) is 6.69. The monoisotopic (exact) mass is 413 g/mol. The molecule has 166 valence electrons. The van der Waals surface area contributed by atoms with Crippen molar-refractivity contribution >= 4 is 11.4 Å². The Morgan fingerprint density at radius 1 is 1.03 bits per heavy atom. The number of anilines is 2. The summed E-state index contributed by atoms with van der Waals surface area (Å²) in [7, 11) is 0. The van der Waals surface area contributed by atoms with Gasteiger partial charge in [0.15, 0.2) is 6.29 Å². The Labute approximate surface area is 182 Å². The Kier molecular flexibility index (Phi) is 7.56. The molecule has 3 aliphatic rings. The van der Waals surface area contributed by atoms with Crippen molar-refractivity contribution in [3.63, 3.8) is 0 Å². The van der Waals surface area contributed by atoms with Gasteiger partial charge in [0.1, 0.15) is 0 Å². The fourth-order valence-electron chi connectivity index (χ4n) is 4.79. The van der Waals surface area contributed by atoms with E-state index in [4.69, 9.17) is 9.47 Å². The maximum atomic E-state index is 6.16. The summed E-state index contributed by atoms with van der Waals surface area (Å²) in [5.41, 5.74) is 4.04. The van der Waals surface area contributed by atoms with E-state index in [0.717, 1.165) is 65.0 Å². The normalized spacial score (nSPS) is 21.4. The highest BCUT2D eigenvalue weighted by atomic mass is 16.7. The molecule has 3 heterocycles. The number of benzene rings is 1. The van der Waals surface area contributed by atoms with Crippen molar-refractivity contribution in [1.29, 1.82) is 0 Å². The van der Waals surface area contributed by atoms with Gasteiger partial charge in [-0.25, -0.2) is 0 Å². The molecule has 0 aromatic heterocycles. The molecule has 0 amide bonds. The summed E-state index contributed by atoms with van der Waals surface area (Å²) < 4.78 is 12.3. The average Bonchev–Trinajstić information content (AvgIpc) is 3.42. The lowest BCUT2D eigenvalue weighted by atomic mass is 9.95. The third-order valence-corrected chi connectivity index (χ3v) is 6.69. The molecule has 30 heavy (non-hydrogen) atoms. The molecular formula is C25H39N3O2. The molecule has 0 radical (unpaired) electrons. The van der Waals surface area contributed by atoms with Gasteiger partial charge < -0.3 is 24.6 Å². The van der Waals surface area contributed by atoms with Gasteiger partial charge in [-0.3, -0.25) is 0 Å². The highest BCUT2D eigenvalue weighted by Gasteiger charge is 2.32. The number of ether oxygens (including phenoxy) is 2. The molecule has 1 aromatic carbocycles. The maximum absolute atomic E-state index is 6.16. The predicted molar refractivity (Wildman–Crippen MR) is 124 cm³/mol. The smallest absolute Gasteiger partial charge is 0.160 e. The van der Waals surface area contributed by atoms with Crippen LogP contribution in [0.5, 0.6) is 0 Å². The van der Waals surface area contributed by atoms with Crippen LogP contribution >= 0.6 is 0 Å². The number of hydrogen-bond acceptors (Lipinski definition) is 5. The van der Waals surface area contributed by atoms with Crippen LogP contribution in [0, 0.1) is 5.92 Å². The second kappa shape index (κ2) is 10.5. The molecule has 1 N–H and O–H groups in total. The quantitative estimate of drug-likeness (QED) is 0.413. The zero-order valence-corrected chi connectivity index (χ0v) is 18.8. The zero-order chi connectivity index (χ0) is 20.8. The van der Waals surface area contributed by atoms with E-state index in [2.05, 4.69) is 59.4 Å². The summed E-state index contributed by atoms with van der Waals surface area (Å²) in [6, 6.07) is 9.66. The van der Waals surface area contributed by atoms with E-state index < -0.39 is 0 Å². The lowest BCUT2D eigenvalue weighted by Gasteiger charge is -2.37. The third kappa shape index (κ3) is 5.12. The van der Waals surface area contributed by atoms with Gasteiger partial charge in [-0.05, 0) is 43.9 Å². The van der Waals surface area contributed by atoms with Gasteiger partial charge in [0.05, 0.1) is 6.04 Å². The van der Waals surface area contributed by atoms with Crippen LogP contribution in [-0.4, -0.2) is 45.2 Å². The molecule has 2 saturated heterocycles. The average molecular weight is 414 g/mol. The van der Waals surface area contributed by atoms with Crippen LogP contribution in [-0.2, 0) is 9.47 Å². The topological polar surface area (TPSA) is 37.0 Å². The molecule has 0 spiro atoms. The molecule has 0 aliphatic carbocycles. The molecular weight excluding hydrogens is 374 g/mol. The van der Waals surface area contributed by atoms with E-state index in [-0.39, 0.29) is 6.29 Å². The molecule has 4 rings (SSSR count). The number of nitrogens with one attached hydrogen (secondary N) is 1. The Morgan fingerprint density at radius 2 is 1.73 bits per heavy atom. The number of nitrogens with zero attached hydrogens (tertiary/aromatic N) is 2. The molecule has 1 unspecified atom stereocenters. The summed E-state index contributed by atoms with van der Waals surface area (Å²) in [5.74, 6) is 0.503. The molecule has 5 heteroatoms. The van der Waals surface area contributed by atoms with Crippen molar-refractivity contribution in [2.75, 3.05) is 42.6 Å². The molecule has 5 nitrogen and oxygen atoms in total. The first-order valence-electron chi connectivity index (χ1n) is 12.1. The Hall–Kier alpha value is -1.72. The summed E-state index contributed by atoms with van der Waals surface area (Å²) >= 11 is 0. The number of unbranched alkanes of at least 4 members (excludes halogenated alkanes) is 2. The zero-order valence-electron chi connectivity index (χ0n) is 18.8. The van der Waals surface area contributed by atoms with Crippen molar-refractivity contribution < 1.29 is 9.47 Å². The van der Waals surface area contributed by atoms with Gasteiger partial charge in [-0.1, -0.05) is 32.8 Å². The van der Waals surface area contributed by atoms with Crippen LogP contribution in [0.1, 0.15) is 58.8 Å². The van der Waals surface area contributed by atoms with Gasteiger partial charge >= 0.3 is 0 Å². The fourth-order valence-corrected chi connectivity index (χ4v) is 4.79. The number of hydrogen-bond donors (Lipinski definition) is 1. The fraction of sp³-hybridized carbons (Fsp3) is 0.680. The second-order valence-electron chi connectivity index (χ2n) is 8.96. The molecule has 0 saturated carbocycles. The molecule has 3 aliphatic heterocycles. The Morgan fingerprint density at radius 3 is 2.33 bits per heavy atom. The predicted octanol–water partition coefficient (Wildman–Crippen LogP) is 4.89. The first-order chi connectivity index (χ1) is 14.8. The number of piperidine rings is 1. The highest BCUT2D eigenvalue weighted by molar-refractivity contribution is 5.63. The summed E-state index contributed by atoms with van der Waals surface area (Å²) in [6.45, 7) is 9.27. The highest BCUT2D eigenvalue weighted by Crippen LogP contribution is 2.34. The van der Waals surface area contributed by atoms with Crippen LogP contribution < -0.4 is 15.1 Å². The summed E-state index contributed by atoms with van der Waals surface area (Å²) in [6.07, 6.45) is 10.2. The first-order valence-corrected chi connectivity index (χ1v) is 12.1. The van der Waals surface area contributed by atoms with Crippen molar-refractivity contribution in [2.45, 2.75) is 71.1 Å². The van der Waals surface area contributed by atoms with Gasteiger partial charge in [0, 0.05) is 68.5 Å². The minimum atomic E-state index is -0.0316. The van der Waals surface area contributed by atoms with Gasteiger partial charge in [-0.15, -0.1) is 0 Å². The van der Waals surface area contributed by atoms with E-state index in [9.17, 15) is 0 Å². The second-order valence-corrected chi connectivity index (χ2v) is 8.96. The lowest BCUT2D eigenvalue weighted by molar-refractivity contribution is -0.177. The minimum absolute atomic E-state index is 0.0316. The largest absolute Gasteiger partial charge is 0.385 e. The van der Waals surface area contributed by atoms with Gasteiger partial charge in [0.2, 0.25) is 0 Å². The van der Waals surface area contributed by atoms with Crippen molar-refractivity contribution in [3.05, 3.63) is 36.2 Å². The van der Waals surface area contributed by atoms with Gasteiger partial charge in [0.25, 0.3) is 0 Å². The van der Waals surface area contributed by atoms with E-state index in [1.54, 1.807) is 0 Å². The van der Waals surface area contributed by atoms with Crippen LogP contribution in [0.25, 0.3) is 0 Å². The van der Waals surface area contributed by atoms with Crippen LogP contribution in [0.2, 0.25) is 0 Å². The van der Waals surface area contributed by atoms with E-state index >= 15 is 0 Å².